The Bertz CT molecular complexity index is 817. The topological polar surface area (TPSA) is 153 Å². The highest BCUT2D eigenvalue weighted by Gasteiger charge is 2.49. The number of hydrogen-bond donors (Lipinski definition) is 3. The standard InChI is InChI=1S/C18H26N3O8P/c1-18(2)11-28-30(26,29-15(18)16(23)20-8-6-14(22)27-3)21-13(17(24)25)9-12-5-4-7-19-10-12/h4-5,7,10,13,15H,6,8-9,11H2,1-3H3,(H,20,23)(H,21,26)(H,24,25)/t13-,15-,30?/m0/s1. The van der Waals surface area contributed by atoms with Crippen molar-refractivity contribution in [1.29, 1.82) is 0 Å². The molecule has 1 aliphatic heterocycles. The lowest BCUT2D eigenvalue weighted by Crippen LogP contribution is -2.52. The molecular weight excluding hydrogens is 417 g/mol. The van der Waals surface area contributed by atoms with E-state index in [4.69, 9.17) is 9.05 Å². The largest absolute Gasteiger partial charge is 0.480 e. The molecule has 1 saturated heterocycles. The molecule has 30 heavy (non-hydrogen) atoms. The molecule has 1 aliphatic rings. The summed E-state index contributed by atoms with van der Waals surface area (Å²) >= 11 is 0. The second-order valence-electron chi connectivity index (χ2n) is 7.45. The van der Waals surface area contributed by atoms with Crippen LogP contribution in [0.3, 0.4) is 0 Å². The van der Waals surface area contributed by atoms with Gasteiger partial charge in [0.2, 0.25) is 5.91 Å². The number of carboxylic acids is 1. The zero-order valence-corrected chi connectivity index (χ0v) is 17.9. The number of ether oxygens (including phenoxy) is 1. The monoisotopic (exact) mass is 443 g/mol. The summed E-state index contributed by atoms with van der Waals surface area (Å²) in [6.45, 7) is 3.28. The first kappa shape index (κ1) is 23.9. The molecule has 1 aromatic heterocycles. The van der Waals surface area contributed by atoms with Crippen LogP contribution in [0, 0.1) is 5.41 Å². The van der Waals surface area contributed by atoms with E-state index in [1.807, 2.05) is 0 Å². The van der Waals surface area contributed by atoms with E-state index < -0.39 is 43.2 Å². The second kappa shape index (κ2) is 10.1. The van der Waals surface area contributed by atoms with Crippen LogP contribution in [-0.2, 0) is 39.2 Å². The number of carbonyl (C=O) groups excluding carboxylic acids is 2. The lowest BCUT2D eigenvalue weighted by atomic mass is 9.87. The molecule has 0 aromatic carbocycles. The van der Waals surface area contributed by atoms with Gasteiger partial charge in [-0.25, -0.2) is 9.65 Å². The van der Waals surface area contributed by atoms with Crippen molar-refractivity contribution in [3.05, 3.63) is 30.1 Å². The van der Waals surface area contributed by atoms with E-state index in [1.165, 1.54) is 13.3 Å². The molecule has 3 atom stereocenters. The number of hydrogen-bond acceptors (Lipinski definition) is 8. The molecule has 1 aromatic rings. The molecule has 0 saturated carbocycles. The van der Waals surface area contributed by atoms with Crippen LogP contribution in [0.2, 0.25) is 0 Å². The Hall–Kier alpha value is -2.33. The van der Waals surface area contributed by atoms with Gasteiger partial charge in [-0.2, -0.15) is 0 Å². The number of aliphatic carboxylic acids is 1. The van der Waals surface area contributed by atoms with E-state index in [9.17, 15) is 24.1 Å². The maximum absolute atomic E-state index is 13.1. The van der Waals surface area contributed by atoms with Crippen LogP contribution in [0.5, 0.6) is 0 Å². The maximum atomic E-state index is 13.1. The molecule has 2 rings (SSSR count). The van der Waals surface area contributed by atoms with Crippen molar-refractivity contribution in [3.8, 4) is 0 Å². The van der Waals surface area contributed by atoms with Gasteiger partial charge in [-0.05, 0) is 11.6 Å². The van der Waals surface area contributed by atoms with Crippen molar-refractivity contribution >= 4 is 25.6 Å². The predicted molar refractivity (Wildman–Crippen MR) is 104 cm³/mol. The molecule has 1 unspecified atom stereocenters. The molecular formula is C18H26N3O8P. The molecule has 0 bridgehead atoms. The van der Waals surface area contributed by atoms with Crippen LogP contribution >= 0.6 is 7.75 Å². The highest BCUT2D eigenvalue weighted by atomic mass is 31.2. The third-order valence-electron chi connectivity index (χ3n) is 4.43. The van der Waals surface area contributed by atoms with Gasteiger partial charge in [-0.3, -0.25) is 28.4 Å². The number of methoxy groups -OCH3 is 1. The fourth-order valence-electron chi connectivity index (χ4n) is 2.73. The van der Waals surface area contributed by atoms with Gasteiger partial charge in [-0.1, -0.05) is 19.9 Å². The number of amides is 1. The van der Waals surface area contributed by atoms with Gasteiger partial charge in [0.15, 0.2) is 6.10 Å². The highest BCUT2D eigenvalue weighted by molar-refractivity contribution is 7.51. The van der Waals surface area contributed by atoms with Gasteiger partial charge < -0.3 is 15.2 Å². The molecule has 1 amide bonds. The number of carboxylic acid groups (broad SMARTS) is 1. The highest BCUT2D eigenvalue weighted by Crippen LogP contribution is 2.53. The van der Waals surface area contributed by atoms with Crippen molar-refractivity contribution in [2.24, 2.45) is 5.41 Å². The van der Waals surface area contributed by atoms with Gasteiger partial charge in [0, 0.05) is 30.8 Å². The maximum Gasteiger partial charge on any atom is 0.407 e. The summed E-state index contributed by atoms with van der Waals surface area (Å²) in [6, 6.07) is 2.05. The minimum Gasteiger partial charge on any atom is -0.480 e. The number of nitrogens with one attached hydrogen (secondary N) is 2. The van der Waals surface area contributed by atoms with Crippen molar-refractivity contribution < 1.29 is 37.8 Å². The summed E-state index contributed by atoms with van der Waals surface area (Å²) in [5.41, 5.74) is -0.231. The number of esters is 1. The summed E-state index contributed by atoms with van der Waals surface area (Å²) in [7, 11) is -2.87. The quantitative estimate of drug-likeness (QED) is 0.370. The summed E-state index contributed by atoms with van der Waals surface area (Å²) in [4.78, 5) is 39.3. The van der Waals surface area contributed by atoms with Gasteiger partial charge in [-0.15, -0.1) is 0 Å². The van der Waals surface area contributed by atoms with Gasteiger partial charge >= 0.3 is 19.7 Å². The van der Waals surface area contributed by atoms with Crippen LogP contribution in [0.25, 0.3) is 0 Å². The normalized spacial score (nSPS) is 23.9. The first-order valence-corrected chi connectivity index (χ1v) is 10.8. The van der Waals surface area contributed by atoms with Gasteiger partial charge in [0.05, 0.1) is 20.1 Å². The van der Waals surface area contributed by atoms with Crippen molar-refractivity contribution in [1.82, 2.24) is 15.4 Å². The third kappa shape index (κ3) is 6.60. The molecule has 166 valence electrons. The van der Waals surface area contributed by atoms with Gasteiger partial charge in [0.25, 0.3) is 0 Å². The molecule has 11 nitrogen and oxygen atoms in total. The molecule has 12 heteroatoms. The van der Waals surface area contributed by atoms with Crippen molar-refractivity contribution in [2.45, 2.75) is 38.8 Å². The molecule has 1 fully saturated rings. The Kier molecular flexibility index (Phi) is 8.08. The fraction of sp³-hybridized carbons (Fsp3) is 0.556. The van der Waals surface area contributed by atoms with E-state index in [-0.39, 0.29) is 26.0 Å². The van der Waals surface area contributed by atoms with E-state index in [1.54, 1.807) is 32.2 Å². The third-order valence-corrected chi connectivity index (χ3v) is 6.01. The average molecular weight is 443 g/mol. The Balaban J connectivity index is 2.08. The minimum atomic E-state index is -4.11. The molecule has 3 N–H and O–H groups in total. The summed E-state index contributed by atoms with van der Waals surface area (Å²) in [6.07, 6.45) is 1.81. The summed E-state index contributed by atoms with van der Waals surface area (Å²) < 4.78 is 28.4. The predicted octanol–water partition coefficient (Wildman–Crippen LogP) is 0.896. The van der Waals surface area contributed by atoms with E-state index in [0.29, 0.717) is 5.56 Å². The van der Waals surface area contributed by atoms with Gasteiger partial charge in [0.1, 0.15) is 6.04 Å². The Morgan fingerprint density at radius 3 is 2.77 bits per heavy atom. The number of aromatic nitrogens is 1. The zero-order valence-electron chi connectivity index (χ0n) is 17.0. The van der Waals surface area contributed by atoms with Crippen molar-refractivity contribution in [2.75, 3.05) is 20.3 Å². The summed E-state index contributed by atoms with van der Waals surface area (Å²) in [5.74, 6) is -2.34. The molecule has 0 spiro atoms. The first-order valence-electron chi connectivity index (χ1n) is 9.23. The Labute approximate surface area is 174 Å². The van der Waals surface area contributed by atoms with E-state index in [0.717, 1.165) is 0 Å². The first-order chi connectivity index (χ1) is 14.1. The Morgan fingerprint density at radius 1 is 1.43 bits per heavy atom. The van der Waals surface area contributed by atoms with Crippen LogP contribution < -0.4 is 10.4 Å². The van der Waals surface area contributed by atoms with Crippen LogP contribution in [0.1, 0.15) is 25.8 Å². The van der Waals surface area contributed by atoms with Crippen molar-refractivity contribution in [3.63, 3.8) is 0 Å². The lowest BCUT2D eigenvalue weighted by Gasteiger charge is -2.40. The molecule has 0 aliphatic carbocycles. The fourth-order valence-corrected chi connectivity index (χ4v) is 4.67. The molecule has 0 radical (unpaired) electrons. The number of carbonyl (C=O) groups is 3. The van der Waals surface area contributed by atoms with E-state index >= 15 is 0 Å². The number of pyridine rings is 1. The SMILES string of the molecule is COC(=O)CCNC(=O)[C@@H]1OP(=O)(N[C@@H](Cc2cccnc2)C(=O)O)OCC1(C)C. The number of nitrogens with zero attached hydrogens (tertiary/aromatic N) is 1. The minimum absolute atomic E-state index is 0.0127. The van der Waals surface area contributed by atoms with Crippen LogP contribution in [0.15, 0.2) is 24.5 Å². The van der Waals surface area contributed by atoms with Crippen LogP contribution in [-0.4, -0.2) is 60.3 Å². The number of rotatable bonds is 9. The molecule has 2 heterocycles. The second-order valence-corrected chi connectivity index (χ2v) is 9.17. The smallest absolute Gasteiger partial charge is 0.407 e. The van der Waals surface area contributed by atoms with Crippen LogP contribution in [0.4, 0.5) is 0 Å². The lowest BCUT2D eigenvalue weighted by molar-refractivity contribution is -0.141. The van der Waals surface area contributed by atoms with E-state index in [2.05, 4.69) is 20.1 Å². The Morgan fingerprint density at radius 2 is 2.17 bits per heavy atom. The summed E-state index contributed by atoms with van der Waals surface area (Å²) in [5, 5.41) is 14.5. The average Bonchev–Trinajstić information content (AvgIpc) is 2.70. The zero-order chi connectivity index (χ0) is 22.4.